The number of fused-ring (bicyclic) bond motifs is 1. The van der Waals surface area contributed by atoms with Crippen molar-refractivity contribution in [2.24, 2.45) is 5.92 Å². The topological polar surface area (TPSA) is 29.1 Å². The lowest BCUT2D eigenvalue weighted by molar-refractivity contribution is 0.0793. The van der Waals surface area contributed by atoms with Gasteiger partial charge in [-0.1, -0.05) is 31.0 Å². The van der Waals surface area contributed by atoms with Gasteiger partial charge in [-0.3, -0.25) is 4.79 Å². The Morgan fingerprint density at radius 2 is 2.21 bits per heavy atom. The van der Waals surface area contributed by atoms with Crippen LogP contribution in [0.4, 0.5) is 0 Å². The molecule has 0 radical (unpaired) electrons. The normalized spacial score (nSPS) is 36.2. The van der Waals surface area contributed by atoms with E-state index in [1.807, 2.05) is 6.07 Å². The van der Waals surface area contributed by atoms with Crippen molar-refractivity contribution in [2.45, 2.75) is 50.0 Å². The molecule has 100 valence electrons. The molecule has 1 aliphatic heterocycles. The molecule has 0 spiro atoms. The first-order chi connectivity index (χ1) is 9.35. The molecule has 4 rings (SSSR count). The summed E-state index contributed by atoms with van der Waals surface area (Å²) in [4.78, 5) is 11.3. The van der Waals surface area contributed by atoms with E-state index in [1.54, 1.807) is 0 Å². The van der Waals surface area contributed by atoms with Gasteiger partial charge in [0.2, 0.25) is 0 Å². The van der Waals surface area contributed by atoms with E-state index in [9.17, 15) is 4.79 Å². The van der Waals surface area contributed by atoms with Crippen LogP contribution in [-0.4, -0.2) is 18.9 Å². The predicted octanol–water partition coefficient (Wildman–Crippen LogP) is 2.85. The fourth-order valence-corrected chi connectivity index (χ4v) is 5.10. The minimum atomic E-state index is 0.376. The van der Waals surface area contributed by atoms with Crippen molar-refractivity contribution in [3.8, 4) is 0 Å². The fourth-order valence-electron chi connectivity index (χ4n) is 5.10. The van der Waals surface area contributed by atoms with Crippen molar-refractivity contribution in [1.82, 2.24) is 5.32 Å². The van der Waals surface area contributed by atoms with E-state index in [1.165, 1.54) is 43.2 Å². The van der Waals surface area contributed by atoms with Gasteiger partial charge in [-0.25, -0.2) is 0 Å². The molecule has 2 heteroatoms. The Labute approximate surface area is 114 Å². The van der Waals surface area contributed by atoms with E-state index in [0.717, 1.165) is 30.7 Å². The van der Waals surface area contributed by atoms with E-state index in [4.69, 9.17) is 0 Å². The molecule has 1 aromatic rings. The fraction of sp³-hybridized carbons (Fsp3) is 0.588. The molecule has 19 heavy (non-hydrogen) atoms. The van der Waals surface area contributed by atoms with Crippen LogP contribution in [0, 0.1) is 5.92 Å². The zero-order chi connectivity index (χ0) is 12.9. The first kappa shape index (κ1) is 11.7. The SMILES string of the molecule is O=Cc1cccc2c1C[C@H]1NCC[C@@]23CCCC[C@@H]13. The van der Waals surface area contributed by atoms with Crippen molar-refractivity contribution in [1.29, 1.82) is 0 Å². The summed E-state index contributed by atoms with van der Waals surface area (Å²) in [6.07, 6.45) is 8.78. The standard InChI is InChI=1S/C17H21NO/c19-11-12-4-3-6-14-13(12)10-16-15-5-1-2-7-17(14,15)8-9-18-16/h3-4,6,11,15-16,18H,1-2,5,7-10H2/t15-,16+,17-/m0/s1. The van der Waals surface area contributed by atoms with Crippen LogP contribution < -0.4 is 5.32 Å². The van der Waals surface area contributed by atoms with Crippen LogP contribution in [0.3, 0.4) is 0 Å². The van der Waals surface area contributed by atoms with Crippen molar-refractivity contribution < 1.29 is 4.79 Å². The van der Waals surface area contributed by atoms with Crippen LogP contribution in [0.5, 0.6) is 0 Å². The number of rotatable bonds is 1. The van der Waals surface area contributed by atoms with E-state index < -0.39 is 0 Å². The highest BCUT2D eigenvalue weighted by Gasteiger charge is 2.51. The first-order valence-electron chi connectivity index (χ1n) is 7.66. The van der Waals surface area contributed by atoms with Gasteiger partial charge < -0.3 is 5.32 Å². The van der Waals surface area contributed by atoms with Gasteiger partial charge in [0.15, 0.2) is 0 Å². The molecule has 0 unspecified atom stereocenters. The monoisotopic (exact) mass is 255 g/mol. The predicted molar refractivity (Wildman–Crippen MR) is 75.6 cm³/mol. The van der Waals surface area contributed by atoms with Crippen molar-refractivity contribution in [3.05, 3.63) is 34.9 Å². The summed E-state index contributed by atoms with van der Waals surface area (Å²) in [5.41, 5.74) is 4.16. The third kappa shape index (κ3) is 1.50. The lowest BCUT2D eigenvalue weighted by atomic mass is 9.52. The summed E-state index contributed by atoms with van der Waals surface area (Å²) in [5, 5.41) is 3.72. The lowest BCUT2D eigenvalue weighted by Gasteiger charge is -2.56. The number of carbonyl (C=O) groups is 1. The Morgan fingerprint density at radius 1 is 1.26 bits per heavy atom. The third-order valence-electron chi connectivity index (χ3n) is 5.86. The molecule has 3 aliphatic rings. The second-order valence-corrected chi connectivity index (χ2v) is 6.51. The molecule has 1 N–H and O–H groups in total. The largest absolute Gasteiger partial charge is 0.313 e. The van der Waals surface area contributed by atoms with E-state index >= 15 is 0 Å². The number of benzene rings is 1. The van der Waals surface area contributed by atoms with Gasteiger partial charge in [0.25, 0.3) is 0 Å². The van der Waals surface area contributed by atoms with Gasteiger partial charge in [-0.15, -0.1) is 0 Å². The average molecular weight is 255 g/mol. The van der Waals surface area contributed by atoms with Crippen LogP contribution in [0.1, 0.15) is 53.6 Å². The van der Waals surface area contributed by atoms with E-state index in [-0.39, 0.29) is 0 Å². The van der Waals surface area contributed by atoms with E-state index in [0.29, 0.717) is 11.5 Å². The third-order valence-corrected chi connectivity index (χ3v) is 5.86. The molecule has 2 fully saturated rings. The molecule has 0 amide bonds. The summed E-state index contributed by atoms with van der Waals surface area (Å²) in [5.74, 6) is 0.796. The van der Waals surface area contributed by atoms with Crippen LogP contribution in [0.25, 0.3) is 0 Å². The van der Waals surface area contributed by atoms with Crippen molar-refractivity contribution in [3.63, 3.8) is 0 Å². The highest BCUT2D eigenvalue weighted by Crippen LogP contribution is 2.54. The Balaban J connectivity index is 1.93. The maximum atomic E-state index is 11.3. The van der Waals surface area contributed by atoms with Crippen molar-refractivity contribution in [2.75, 3.05) is 6.54 Å². The first-order valence-corrected chi connectivity index (χ1v) is 7.66. The van der Waals surface area contributed by atoms with Crippen LogP contribution in [0.15, 0.2) is 18.2 Å². The summed E-state index contributed by atoms with van der Waals surface area (Å²) in [7, 11) is 0. The summed E-state index contributed by atoms with van der Waals surface area (Å²) < 4.78 is 0. The maximum absolute atomic E-state index is 11.3. The molecule has 2 nitrogen and oxygen atoms in total. The maximum Gasteiger partial charge on any atom is 0.150 e. The van der Waals surface area contributed by atoms with Gasteiger partial charge in [0, 0.05) is 17.0 Å². The Kier molecular flexibility index (Phi) is 2.56. The minimum absolute atomic E-state index is 0.376. The minimum Gasteiger partial charge on any atom is -0.313 e. The Hall–Kier alpha value is -1.15. The second-order valence-electron chi connectivity index (χ2n) is 6.51. The highest BCUT2D eigenvalue weighted by molar-refractivity contribution is 5.78. The molecule has 1 saturated carbocycles. The average Bonchev–Trinajstić information content (AvgIpc) is 2.46. The molecule has 1 heterocycles. The van der Waals surface area contributed by atoms with Crippen LogP contribution in [0.2, 0.25) is 0 Å². The number of hydrogen-bond donors (Lipinski definition) is 1. The smallest absolute Gasteiger partial charge is 0.150 e. The molecule has 3 atom stereocenters. The number of aldehydes is 1. The summed E-state index contributed by atoms with van der Waals surface area (Å²) in [6, 6.07) is 6.98. The molecular weight excluding hydrogens is 234 g/mol. The molecule has 1 aromatic carbocycles. The highest BCUT2D eigenvalue weighted by atomic mass is 16.1. The van der Waals surface area contributed by atoms with Gasteiger partial charge in [-0.2, -0.15) is 0 Å². The summed E-state index contributed by atoms with van der Waals surface area (Å²) >= 11 is 0. The number of hydrogen-bond acceptors (Lipinski definition) is 2. The summed E-state index contributed by atoms with van der Waals surface area (Å²) in [6.45, 7) is 1.14. The number of nitrogens with one attached hydrogen (secondary N) is 1. The Morgan fingerprint density at radius 3 is 3.11 bits per heavy atom. The van der Waals surface area contributed by atoms with Gasteiger partial charge in [0.05, 0.1) is 0 Å². The van der Waals surface area contributed by atoms with Gasteiger partial charge in [0.1, 0.15) is 6.29 Å². The van der Waals surface area contributed by atoms with Crippen LogP contribution >= 0.6 is 0 Å². The molecule has 1 saturated heterocycles. The molecule has 2 aliphatic carbocycles. The van der Waals surface area contributed by atoms with E-state index in [2.05, 4.69) is 17.4 Å². The van der Waals surface area contributed by atoms with Crippen LogP contribution in [-0.2, 0) is 11.8 Å². The zero-order valence-electron chi connectivity index (χ0n) is 11.3. The quantitative estimate of drug-likeness (QED) is 0.782. The number of piperidine rings is 1. The number of carbonyl (C=O) groups excluding carboxylic acids is 1. The van der Waals surface area contributed by atoms with Crippen molar-refractivity contribution >= 4 is 6.29 Å². The second kappa shape index (κ2) is 4.17. The molecule has 0 aromatic heterocycles. The lowest BCUT2D eigenvalue weighted by Crippen LogP contribution is -2.59. The van der Waals surface area contributed by atoms with Gasteiger partial charge >= 0.3 is 0 Å². The zero-order valence-corrected chi connectivity index (χ0v) is 11.3. The Bertz CT molecular complexity index is 520. The molecular formula is C17H21NO. The molecule has 2 bridgehead atoms. The van der Waals surface area contributed by atoms with Gasteiger partial charge in [-0.05, 0) is 49.3 Å².